The highest BCUT2D eigenvalue weighted by Gasteiger charge is 2.09. The van der Waals surface area contributed by atoms with Gasteiger partial charge in [0.25, 0.3) is 0 Å². The van der Waals surface area contributed by atoms with Crippen LogP contribution in [0.3, 0.4) is 0 Å². The van der Waals surface area contributed by atoms with Gasteiger partial charge in [0, 0.05) is 21.5 Å². The molecule has 0 aliphatic carbocycles. The van der Waals surface area contributed by atoms with E-state index in [9.17, 15) is 0 Å². The zero-order chi connectivity index (χ0) is 15.4. The number of para-hydroxylation sites is 2. The summed E-state index contributed by atoms with van der Waals surface area (Å²) in [5, 5.41) is 4.68. The van der Waals surface area contributed by atoms with Crippen LogP contribution in [0.5, 0.6) is 0 Å². The van der Waals surface area contributed by atoms with E-state index >= 15 is 0 Å². The molecular weight excluding hydrogens is 280 g/mol. The van der Waals surface area contributed by atoms with Crippen LogP contribution in [0.25, 0.3) is 43.6 Å². The van der Waals surface area contributed by atoms with Gasteiger partial charge in [-0.2, -0.15) is 0 Å². The van der Waals surface area contributed by atoms with Crippen molar-refractivity contribution in [3.8, 4) is 0 Å². The van der Waals surface area contributed by atoms with Crippen molar-refractivity contribution in [2.45, 2.75) is 6.92 Å². The van der Waals surface area contributed by atoms with E-state index in [1.165, 1.54) is 27.1 Å². The van der Waals surface area contributed by atoms with Crippen molar-refractivity contribution in [1.82, 2.24) is 9.97 Å². The molecule has 0 radical (unpaired) electrons. The van der Waals surface area contributed by atoms with Crippen molar-refractivity contribution >= 4 is 43.6 Å². The fraction of sp³-hybridized carbons (Fsp3) is 0.0476. The van der Waals surface area contributed by atoms with Crippen molar-refractivity contribution in [2.24, 2.45) is 0 Å². The third kappa shape index (κ3) is 1.82. The number of fused-ring (bicyclic) bond motifs is 5. The number of rotatable bonds is 0. The number of hydrogen-bond donors (Lipinski definition) is 0. The Morgan fingerprint density at radius 3 is 1.96 bits per heavy atom. The molecule has 2 nitrogen and oxygen atoms in total. The van der Waals surface area contributed by atoms with Crippen LogP contribution >= 0.6 is 0 Å². The Hall–Kier alpha value is -3.00. The Balaban J connectivity index is 2.04. The first-order valence-corrected chi connectivity index (χ1v) is 7.78. The van der Waals surface area contributed by atoms with Crippen LogP contribution in [0, 0.1) is 6.92 Å². The number of aryl methyl sites for hydroxylation is 1. The summed E-state index contributed by atoms with van der Waals surface area (Å²) in [7, 11) is 0. The second-order valence-electron chi connectivity index (χ2n) is 6.02. The van der Waals surface area contributed by atoms with E-state index < -0.39 is 0 Å². The Bertz CT molecular complexity index is 1220. The van der Waals surface area contributed by atoms with Gasteiger partial charge in [-0.1, -0.05) is 36.4 Å². The zero-order valence-corrected chi connectivity index (χ0v) is 12.7. The lowest BCUT2D eigenvalue weighted by molar-refractivity contribution is 1.41. The molecule has 23 heavy (non-hydrogen) atoms. The van der Waals surface area contributed by atoms with Gasteiger partial charge in [0.2, 0.25) is 0 Å². The van der Waals surface area contributed by atoms with Gasteiger partial charge in [-0.15, -0.1) is 0 Å². The molecule has 3 aromatic carbocycles. The number of nitrogens with zero attached hydrogens (tertiary/aromatic N) is 2. The third-order valence-corrected chi connectivity index (χ3v) is 4.49. The smallest absolute Gasteiger partial charge is 0.0746 e. The minimum absolute atomic E-state index is 1.03. The quantitative estimate of drug-likeness (QED) is 0.282. The molecule has 0 aliphatic heterocycles. The van der Waals surface area contributed by atoms with E-state index in [0.29, 0.717) is 0 Å². The van der Waals surface area contributed by atoms with Gasteiger partial charge in [0.1, 0.15) is 0 Å². The standard InChI is InChI=1S/C21H14N2/c1-13-10-20-16(11-14-6-2-4-8-18(14)22-20)17-12-15-7-3-5-9-19(15)23-21(13)17/h2-12H,1H3. The van der Waals surface area contributed by atoms with Gasteiger partial charge in [0.15, 0.2) is 0 Å². The summed E-state index contributed by atoms with van der Waals surface area (Å²) in [5.74, 6) is 0. The highest BCUT2D eigenvalue weighted by molar-refractivity contribution is 6.12. The van der Waals surface area contributed by atoms with Crippen molar-refractivity contribution in [2.75, 3.05) is 0 Å². The largest absolute Gasteiger partial charge is 0.248 e. The van der Waals surface area contributed by atoms with E-state index in [1.807, 2.05) is 12.1 Å². The predicted molar refractivity (Wildman–Crippen MR) is 96.8 cm³/mol. The molecule has 0 saturated heterocycles. The summed E-state index contributed by atoms with van der Waals surface area (Å²) in [5.41, 5.74) is 5.34. The molecule has 2 heteroatoms. The lowest BCUT2D eigenvalue weighted by Gasteiger charge is -2.09. The maximum absolute atomic E-state index is 4.88. The maximum atomic E-state index is 4.88. The molecule has 5 aromatic rings. The zero-order valence-electron chi connectivity index (χ0n) is 12.7. The first-order valence-electron chi connectivity index (χ1n) is 7.78. The van der Waals surface area contributed by atoms with E-state index in [1.54, 1.807) is 0 Å². The minimum atomic E-state index is 1.03. The van der Waals surface area contributed by atoms with Gasteiger partial charge in [-0.3, -0.25) is 0 Å². The predicted octanol–water partition coefficient (Wildman–Crippen LogP) is 5.40. The first kappa shape index (κ1) is 12.5. The number of pyridine rings is 2. The van der Waals surface area contributed by atoms with Gasteiger partial charge in [-0.05, 0) is 42.8 Å². The van der Waals surface area contributed by atoms with Crippen molar-refractivity contribution in [1.29, 1.82) is 0 Å². The summed E-state index contributed by atoms with van der Waals surface area (Å²) >= 11 is 0. The van der Waals surface area contributed by atoms with Gasteiger partial charge < -0.3 is 0 Å². The number of benzene rings is 3. The summed E-state index contributed by atoms with van der Waals surface area (Å²) in [6.07, 6.45) is 0. The molecule has 0 spiro atoms. The molecule has 0 atom stereocenters. The average Bonchev–Trinajstić information content (AvgIpc) is 2.59. The molecule has 0 unspecified atom stereocenters. The van der Waals surface area contributed by atoms with E-state index in [2.05, 4.69) is 61.5 Å². The Morgan fingerprint density at radius 1 is 0.609 bits per heavy atom. The second-order valence-corrected chi connectivity index (χ2v) is 6.02. The van der Waals surface area contributed by atoms with Crippen LogP contribution in [0.1, 0.15) is 5.56 Å². The van der Waals surface area contributed by atoms with Gasteiger partial charge in [0.05, 0.1) is 22.1 Å². The van der Waals surface area contributed by atoms with Crippen LogP contribution in [-0.2, 0) is 0 Å². The Morgan fingerprint density at radius 2 is 1.22 bits per heavy atom. The topological polar surface area (TPSA) is 25.8 Å². The summed E-state index contributed by atoms with van der Waals surface area (Å²) in [6.45, 7) is 2.11. The molecule has 0 amide bonds. The number of aromatic nitrogens is 2. The van der Waals surface area contributed by atoms with Gasteiger partial charge >= 0.3 is 0 Å². The number of hydrogen-bond acceptors (Lipinski definition) is 2. The molecule has 5 rings (SSSR count). The molecule has 0 aliphatic rings. The minimum Gasteiger partial charge on any atom is -0.248 e. The highest BCUT2D eigenvalue weighted by atomic mass is 14.7. The molecule has 108 valence electrons. The monoisotopic (exact) mass is 294 g/mol. The Labute approximate surface area is 133 Å². The molecule has 0 saturated carbocycles. The fourth-order valence-corrected chi connectivity index (χ4v) is 3.35. The normalized spacial score (nSPS) is 11.7. The lowest BCUT2D eigenvalue weighted by Crippen LogP contribution is -1.90. The maximum Gasteiger partial charge on any atom is 0.0746 e. The van der Waals surface area contributed by atoms with Crippen LogP contribution < -0.4 is 0 Å². The fourth-order valence-electron chi connectivity index (χ4n) is 3.35. The van der Waals surface area contributed by atoms with Crippen LogP contribution in [0.15, 0.2) is 66.7 Å². The summed E-state index contributed by atoms with van der Waals surface area (Å²) < 4.78 is 0. The van der Waals surface area contributed by atoms with Crippen molar-refractivity contribution in [3.63, 3.8) is 0 Å². The molecular formula is C21H14N2. The average molecular weight is 294 g/mol. The van der Waals surface area contributed by atoms with Gasteiger partial charge in [-0.25, -0.2) is 9.97 Å². The lowest BCUT2D eigenvalue weighted by atomic mass is 10.0. The van der Waals surface area contributed by atoms with Crippen LogP contribution in [-0.4, -0.2) is 9.97 Å². The Kier molecular flexibility index (Phi) is 2.45. The van der Waals surface area contributed by atoms with E-state index in [4.69, 9.17) is 9.97 Å². The summed E-state index contributed by atoms with van der Waals surface area (Å²) in [4.78, 5) is 9.72. The van der Waals surface area contributed by atoms with E-state index in [-0.39, 0.29) is 0 Å². The van der Waals surface area contributed by atoms with Crippen LogP contribution in [0.2, 0.25) is 0 Å². The van der Waals surface area contributed by atoms with Crippen molar-refractivity contribution < 1.29 is 0 Å². The van der Waals surface area contributed by atoms with Crippen molar-refractivity contribution in [3.05, 3.63) is 72.3 Å². The highest BCUT2D eigenvalue weighted by Crippen LogP contribution is 2.31. The molecule has 0 fully saturated rings. The molecule has 0 N–H and O–H groups in total. The van der Waals surface area contributed by atoms with Crippen LogP contribution in [0.4, 0.5) is 0 Å². The SMILES string of the molecule is Cc1cc2nc3ccccc3cc2c2cc3ccccc3nc12. The first-order chi connectivity index (χ1) is 11.3. The molecule has 2 heterocycles. The van der Waals surface area contributed by atoms with E-state index in [0.717, 1.165) is 22.1 Å². The third-order valence-electron chi connectivity index (χ3n) is 4.49. The second kappa shape index (κ2) is 4.50. The molecule has 0 bridgehead atoms. The summed E-state index contributed by atoms with van der Waals surface area (Å²) in [6, 6.07) is 23.2. The molecule has 2 aromatic heterocycles.